The highest BCUT2D eigenvalue weighted by Crippen LogP contribution is 2.46. The highest BCUT2D eigenvalue weighted by atomic mass is 32.2. The zero-order valence-corrected chi connectivity index (χ0v) is 12.9. The van der Waals surface area contributed by atoms with E-state index in [0.29, 0.717) is 18.5 Å². The molecule has 2 aromatic rings. The van der Waals surface area contributed by atoms with E-state index in [0.717, 1.165) is 11.6 Å². The van der Waals surface area contributed by atoms with Crippen molar-refractivity contribution < 1.29 is 0 Å². The van der Waals surface area contributed by atoms with Gasteiger partial charge < -0.3 is 10.3 Å². The van der Waals surface area contributed by atoms with Crippen LogP contribution in [0, 0.1) is 0 Å². The third-order valence-electron chi connectivity index (χ3n) is 4.13. The Morgan fingerprint density at radius 2 is 1.95 bits per heavy atom. The second-order valence-electron chi connectivity index (χ2n) is 5.96. The Morgan fingerprint density at radius 3 is 2.67 bits per heavy atom. The van der Waals surface area contributed by atoms with E-state index in [1.807, 2.05) is 0 Å². The van der Waals surface area contributed by atoms with Crippen molar-refractivity contribution in [3.8, 4) is 0 Å². The molecule has 0 amide bonds. The number of benzene rings is 1. The van der Waals surface area contributed by atoms with Crippen LogP contribution in [0.25, 0.3) is 0 Å². The summed E-state index contributed by atoms with van der Waals surface area (Å²) in [5.41, 5.74) is 7.03. The lowest BCUT2D eigenvalue weighted by molar-refractivity contribution is 0.627. The van der Waals surface area contributed by atoms with Crippen molar-refractivity contribution in [2.75, 3.05) is 6.54 Å². The maximum atomic E-state index is 5.72. The molecular weight excluding hydrogens is 280 g/mol. The first-order valence-electron chi connectivity index (χ1n) is 7.77. The van der Waals surface area contributed by atoms with Crippen molar-refractivity contribution >= 4 is 11.8 Å². The van der Waals surface area contributed by atoms with Crippen LogP contribution in [0.2, 0.25) is 0 Å². The molecule has 21 heavy (non-hydrogen) atoms. The van der Waals surface area contributed by atoms with Gasteiger partial charge >= 0.3 is 0 Å². The SMILES string of the molecule is NCCc1ccccc1Sc1nnc(C2CC2)n1C1CC1. The number of nitrogens with zero attached hydrogens (tertiary/aromatic N) is 3. The first-order chi connectivity index (χ1) is 10.4. The third kappa shape index (κ3) is 2.72. The molecule has 0 saturated heterocycles. The molecule has 4 rings (SSSR count). The molecule has 5 heteroatoms. The van der Waals surface area contributed by atoms with Crippen molar-refractivity contribution in [3.05, 3.63) is 35.7 Å². The van der Waals surface area contributed by atoms with Crippen molar-refractivity contribution in [2.24, 2.45) is 5.73 Å². The molecular formula is C16H20N4S. The summed E-state index contributed by atoms with van der Waals surface area (Å²) in [7, 11) is 0. The van der Waals surface area contributed by atoms with Crippen LogP contribution in [0.5, 0.6) is 0 Å². The van der Waals surface area contributed by atoms with Gasteiger partial charge in [0.05, 0.1) is 0 Å². The van der Waals surface area contributed by atoms with Crippen LogP contribution in [-0.2, 0) is 6.42 Å². The summed E-state index contributed by atoms with van der Waals surface area (Å²) in [6.45, 7) is 0.681. The Kier molecular flexibility index (Phi) is 3.47. The molecule has 2 N–H and O–H groups in total. The summed E-state index contributed by atoms with van der Waals surface area (Å²) in [5, 5.41) is 10.0. The number of rotatable bonds is 6. The molecule has 2 saturated carbocycles. The van der Waals surface area contributed by atoms with E-state index in [2.05, 4.69) is 39.0 Å². The second-order valence-corrected chi connectivity index (χ2v) is 6.97. The molecule has 2 fully saturated rings. The fourth-order valence-corrected chi connectivity index (χ4v) is 3.78. The largest absolute Gasteiger partial charge is 0.330 e. The normalized spacial score (nSPS) is 18.1. The van der Waals surface area contributed by atoms with Crippen molar-refractivity contribution in [3.63, 3.8) is 0 Å². The summed E-state index contributed by atoms with van der Waals surface area (Å²) in [6.07, 6.45) is 6.01. The van der Waals surface area contributed by atoms with Crippen LogP contribution in [-0.4, -0.2) is 21.3 Å². The highest BCUT2D eigenvalue weighted by molar-refractivity contribution is 7.99. The molecule has 2 aliphatic carbocycles. The first-order valence-corrected chi connectivity index (χ1v) is 8.59. The summed E-state index contributed by atoms with van der Waals surface area (Å²) in [4.78, 5) is 1.26. The average molecular weight is 300 g/mol. The van der Waals surface area contributed by atoms with Gasteiger partial charge in [0, 0.05) is 16.9 Å². The van der Waals surface area contributed by atoms with E-state index in [1.54, 1.807) is 11.8 Å². The minimum atomic E-state index is 0.639. The van der Waals surface area contributed by atoms with E-state index in [4.69, 9.17) is 5.73 Å². The van der Waals surface area contributed by atoms with Crippen molar-refractivity contribution in [1.29, 1.82) is 0 Å². The molecule has 0 bridgehead atoms. The molecule has 0 spiro atoms. The van der Waals surface area contributed by atoms with Gasteiger partial charge in [0.2, 0.25) is 0 Å². The summed E-state index contributed by atoms with van der Waals surface area (Å²) >= 11 is 1.75. The van der Waals surface area contributed by atoms with E-state index >= 15 is 0 Å². The van der Waals surface area contributed by atoms with Crippen LogP contribution < -0.4 is 5.73 Å². The van der Waals surface area contributed by atoms with Gasteiger partial charge in [0.1, 0.15) is 5.82 Å². The van der Waals surface area contributed by atoms with Crippen molar-refractivity contribution in [1.82, 2.24) is 14.8 Å². The lowest BCUT2D eigenvalue weighted by Gasteiger charge is -2.10. The van der Waals surface area contributed by atoms with Gasteiger partial charge in [0.15, 0.2) is 5.16 Å². The van der Waals surface area contributed by atoms with E-state index in [1.165, 1.54) is 42.0 Å². The predicted octanol–water partition coefficient (Wildman–Crippen LogP) is 3.14. The van der Waals surface area contributed by atoms with Crippen molar-refractivity contribution in [2.45, 2.75) is 54.1 Å². The Labute approximate surface area is 129 Å². The standard InChI is InChI=1S/C16H20N4S/c17-10-9-11-3-1-2-4-14(11)21-16-19-18-15(12-5-6-12)20(16)13-7-8-13/h1-4,12-13H,5-10,17H2. The Morgan fingerprint density at radius 1 is 1.14 bits per heavy atom. The van der Waals surface area contributed by atoms with E-state index in [-0.39, 0.29) is 0 Å². The quantitative estimate of drug-likeness (QED) is 0.890. The highest BCUT2D eigenvalue weighted by Gasteiger charge is 2.36. The minimum absolute atomic E-state index is 0.639. The summed E-state index contributed by atoms with van der Waals surface area (Å²) in [5.74, 6) is 1.88. The smallest absolute Gasteiger partial charge is 0.196 e. The van der Waals surface area contributed by atoms with Crippen LogP contribution in [0.15, 0.2) is 34.3 Å². The van der Waals surface area contributed by atoms with Gasteiger partial charge in [-0.1, -0.05) is 18.2 Å². The lowest BCUT2D eigenvalue weighted by Crippen LogP contribution is -2.04. The molecule has 0 aliphatic heterocycles. The minimum Gasteiger partial charge on any atom is -0.330 e. The third-order valence-corrected chi connectivity index (χ3v) is 5.21. The zero-order chi connectivity index (χ0) is 14.2. The van der Waals surface area contributed by atoms with Gasteiger partial charge in [-0.25, -0.2) is 0 Å². The van der Waals surface area contributed by atoms with Gasteiger partial charge in [-0.3, -0.25) is 0 Å². The van der Waals surface area contributed by atoms with Gasteiger partial charge in [-0.2, -0.15) is 0 Å². The Bertz CT molecular complexity index is 643. The maximum Gasteiger partial charge on any atom is 0.196 e. The average Bonchev–Trinajstić information content (AvgIpc) is 3.41. The predicted molar refractivity (Wildman–Crippen MR) is 83.6 cm³/mol. The number of hydrogen-bond donors (Lipinski definition) is 1. The topological polar surface area (TPSA) is 56.7 Å². The molecule has 110 valence electrons. The molecule has 0 unspecified atom stereocenters. The number of aromatic nitrogens is 3. The lowest BCUT2D eigenvalue weighted by atomic mass is 10.1. The number of nitrogens with two attached hydrogens (primary N) is 1. The van der Waals surface area contributed by atoms with Gasteiger partial charge in [-0.15, -0.1) is 10.2 Å². The van der Waals surface area contributed by atoms with Crippen LogP contribution in [0.4, 0.5) is 0 Å². The monoisotopic (exact) mass is 300 g/mol. The summed E-state index contributed by atoms with van der Waals surface area (Å²) in [6, 6.07) is 9.13. The molecule has 1 heterocycles. The Hall–Kier alpha value is -1.33. The van der Waals surface area contributed by atoms with Gasteiger partial charge in [-0.05, 0) is 62.0 Å². The van der Waals surface area contributed by atoms with Crippen LogP contribution in [0.3, 0.4) is 0 Å². The Balaban J connectivity index is 1.65. The molecule has 0 atom stereocenters. The first kappa shape index (κ1) is 13.3. The molecule has 1 aromatic carbocycles. The molecule has 1 aromatic heterocycles. The summed E-state index contributed by atoms with van der Waals surface area (Å²) < 4.78 is 2.40. The maximum absolute atomic E-state index is 5.72. The van der Waals surface area contributed by atoms with E-state index in [9.17, 15) is 0 Å². The molecule has 4 nitrogen and oxygen atoms in total. The van der Waals surface area contributed by atoms with Gasteiger partial charge in [0.25, 0.3) is 0 Å². The van der Waals surface area contributed by atoms with Crippen LogP contribution in [0.1, 0.15) is 49.0 Å². The zero-order valence-electron chi connectivity index (χ0n) is 12.0. The molecule has 0 radical (unpaired) electrons. The number of hydrogen-bond acceptors (Lipinski definition) is 4. The van der Waals surface area contributed by atoms with E-state index < -0.39 is 0 Å². The molecule has 2 aliphatic rings. The van der Waals surface area contributed by atoms with Crippen LogP contribution >= 0.6 is 11.8 Å². The fourth-order valence-electron chi connectivity index (χ4n) is 2.72. The second kappa shape index (κ2) is 5.46. The fraction of sp³-hybridized carbons (Fsp3) is 0.500.